The normalized spacial score (nSPS) is 17.6. The van der Waals surface area contributed by atoms with Gasteiger partial charge in [-0.1, -0.05) is 90.5 Å². The average molecular weight is 527 g/mol. The molecule has 2 amide bonds. The molecule has 7 rings (SSSR count). The number of fused-ring (bicyclic) bond motifs is 5. The van der Waals surface area contributed by atoms with Gasteiger partial charge in [0.05, 0.1) is 23.2 Å². The number of carbonyl (C=O) groups excluding carboxylic acids is 2. The van der Waals surface area contributed by atoms with Crippen molar-refractivity contribution < 1.29 is 14.0 Å². The molecule has 0 radical (unpaired) electrons. The predicted octanol–water partition coefficient (Wildman–Crippen LogP) is 5.59. The van der Waals surface area contributed by atoms with Crippen molar-refractivity contribution in [1.29, 1.82) is 0 Å². The lowest BCUT2D eigenvalue weighted by atomic mass is 9.83. The first kappa shape index (κ1) is 24.1. The lowest BCUT2D eigenvalue weighted by Gasteiger charge is -2.34. The molecule has 0 saturated carbocycles. The summed E-state index contributed by atoms with van der Waals surface area (Å²) in [5.74, 6) is -0.829. The molecule has 0 saturated heterocycles. The van der Waals surface area contributed by atoms with Gasteiger partial charge in [-0.25, -0.2) is 0 Å². The highest BCUT2D eigenvalue weighted by Gasteiger charge is 2.64. The van der Waals surface area contributed by atoms with Gasteiger partial charge in [-0.15, -0.1) is 0 Å². The van der Waals surface area contributed by atoms with Crippen molar-refractivity contribution in [2.45, 2.75) is 25.4 Å². The van der Waals surface area contributed by atoms with Crippen LogP contribution in [0.15, 0.2) is 112 Å². The first-order valence-corrected chi connectivity index (χ1v) is 13.4. The molecule has 0 fully saturated rings. The Morgan fingerprint density at radius 1 is 0.775 bits per heavy atom. The van der Waals surface area contributed by atoms with Gasteiger partial charge in [-0.2, -0.15) is 0 Å². The SMILES string of the molecule is Cc1cccc(CN2C(=O)C3(c4ccccc42)c2c(oc4ccccc4c2=O)C(=O)N3CCc2ccccc2)c1. The van der Waals surface area contributed by atoms with Gasteiger partial charge in [0, 0.05) is 12.1 Å². The number of anilines is 1. The Balaban J connectivity index is 1.47. The number of aryl methyl sites for hydroxylation is 1. The van der Waals surface area contributed by atoms with Crippen LogP contribution in [0.3, 0.4) is 0 Å². The lowest BCUT2D eigenvalue weighted by molar-refractivity contribution is -0.126. The van der Waals surface area contributed by atoms with E-state index in [4.69, 9.17) is 4.42 Å². The molecule has 6 heteroatoms. The molecular weight excluding hydrogens is 500 g/mol. The summed E-state index contributed by atoms with van der Waals surface area (Å²) in [4.78, 5) is 46.5. The summed E-state index contributed by atoms with van der Waals surface area (Å²) in [5, 5.41) is 0.348. The van der Waals surface area contributed by atoms with E-state index < -0.39 is 11.4 Å². The fourth-order valence-electron chi connectivity index (χ4n) is 6.27. The third kappa shape index (κ3) is 3.39. The monoisotopic (exact) mass is 526 g/mol. The van der Waals surface area contributed by atoms with Crippen molar-refractivity contribution in [3.63, 3.8) is 0 Å². The molecule has 1 spiro atoms. The van der Waals surface area contributed by atoms with Crippen LogP contribution in [0, 0.1) is 6.92 Å². The van der Waals surface area contributed by atoms with Gasteiger partial charge in [-0.3, -0.25) is 14.4 Å². The van der Waals surface area contributed by atoms with E-state index in [1.54, 1.807) is 34.1 Å². The standard InChI is InChI=1S/C34H26N2O4/c1-22-10-9-13-24(20-22)21-35-27-16-7-6-15-26(27)34(33(35)39)29-30(37)25-14-5-8-17-28(25)40-31(29)32(38)36(34)19-18-23-11-3-2-4-12-23/h2-17,20H,18-19,21H2,1H3. The number of para-hydroxylation sites is 2. The summed E-state index contributed by atoms with van der Waals surface area (Å²) in [6.07, 6.45) is 0.517. The summed E-state index contributed by atoms with van der Waals surface area (Å²) < 4.78 is 6.14. The molecule has 3 heterocycles. The maximum atomic E-state index is 14.8. The number of nitrogens with zero attached hydrogens (tertiary/aromatic N) is 2. The highest BCUT2D eigenvalue weighted by atomic mass is 16.3. The van der Waals surface area contributed by atoms with Crippen molar-refractivity contribution in [3.8, 4) is 0 Å². The van der Waals surface area contributed by atoms with E-state index in [1.807, 2.05) is 85.8 Å². The molecule has 0 aliphatic carbocycles. The summed E-state index contributed by atoms with van der Waals surface area (Å²) >= 11 is 0. The van der Waals surface area contributed by atoms with Gasteiger partial charge in [0.2, 0.25) is 5.76 Å². The predicted molar refractivity (Wildman–Crippen MR) is 153 cm³/mol. The molecule has 6 nitrogen and oxygen atoms in total. The topological polar surface area (TPSA) is 70.8 Å². The van der Waals surface area contributed by atoms with Crippen LogP contribution in [0.5, 0.6) is 0 Å². The summed E-state index contributed by atoms with van der Waals surface area (Å²) in [6.45, 7) is 2.56. The third-order valence-corrected chi connectivity index (χ3v) is 8.03. The molecule has 40 heavy (non-hydrogen) atoms. The minimum atomic E-state index is -1.62. The van der Waals surface area contributed by atoms with Crippen molar-refractivity contribution in [2.75, 3.05) is 11.4 Å². The fraction of sp³-hybridized carbons (Fsp3) is 0.147. The molecule has 0 bridgehead atoms. The largest absolute Gasteiger partial charge is 0.450 e. The van der Waals surface area contributed by atoms with Crippen LogP contribution in [0.4, 0.5) is 5.69 Å². The van der Waals surface area contributed by atoms with E-state index in [1.165, 1.54) is 0 Å². The molecule has 1 unspecified atom stereocenters. The Morgan fingerprint density at radius 3 is 2.33 bits per heavy atom. The number of carbonyl (C=O) groups is 2. The van der Waals surface area contributed by atoms with E-state index >= 15 is 0 Å². The Morgan fingerprint density at radius 2 is 1.50 bits per heavy atom. The fourth-order valence-corrected chi connectivity index (χ4v) is 6.27. The molecule has 1 atom stereocenters. The zero-order chi connectivity index (χ0) is 27.4. The molecular formula is C34H26N2O4. The number of rotatable bonds is 5. The maximum Gasteiger partial charge on any atom is 0.291 e. The van der Waals surface area contributed by atoms with Gasteiger partial charge in [0.15, 0.2) is 11.0 Å². The van der Waals surface area contributed by atoms with Crippen LogP contribution < -0.4 is 10.3 Å². The summed E-state index contributed by atoms with van der Waals surface area (Å²) in [6, 6.07) is 32.2. The molecule has 5 aromatic rings. The van der Waals surface area contributed by atoms with Gasteiger partial charge in [0.1, 0.15) is 5.58 Å². The van der Waals surface area contributed by atoms with Gasteiger partial charge < -0.3 is 14.2 Å². The molecule has 4 aromatic carbocycles. The zero-order valence-corrected chi connectivity index (χ0v) is 22.0. The minimum Gasteiger partial charge on any atom is -0.450 e. The number of amides is 2. The Hall–Kier alpha value is -4.97. The average Bonchev–Trinajstić information content (AvgIpc) is 3.37. The van der Waals surface area contributed by atoms with Crippen LogP contribution in [-0.4, -0.2) is 23.3 Å². The Labute approximate surface area is 231 Å². The number of hydrogen-bond acceptors (Lipinski definition) is 4. The Bertz CT molecular complexity index is 1880. The van der Waals surface area contributed by atoms with E-state index in [2.05, 4.69) is 0 Å². The highest BCUT2D eigenvalue weighted by Crippen LogP contribution is 2.52. The second-order valence-electron chi connectivity index (χ2n) is 10.4. The number of benzene rings is 4. The molecule has 1 aromatic heterocycles. The summed E-state index contributed by atoms with van der Waals surface area (Å²) in [5.41, 5.74) is 2.85. The van der Waals surface area contributed by atoms with Crippen molar-refractivity contribution in [3.05, 3.63) is 147 Å². The van der Waals surface area contributed by atoms with Gasteiger partial charge >= 0.3 is 0 Å². The van der Waals surface area contributed by atoms with Crippen LogP contribution >= 0.6 is 0 Å². The molecule has 0 N–H and O–H groups in total. The molecule has 2 aliphatic rings. The third-order valence-electron chi connectivity index (χ3n) is 8.03. The van der Waals surface area contributed by atoms with Gasteiger partial charge in [0.25, 0.3) is 11.8 Å². The first-order valence-electron chi connectivity index (χ1n) is 13.4. The summed E-state index contributed by atoms with van der Waals surface area (Å²) in [7, 11) is 0. The second-order valence-corrected chi connectivity index (χ2v) is 10.4. The Kier molecular flexibility index (Phi) is 5.46. The van der Waals surface area contributed by atoms with E-state index in [9.17, 15) is 14.4 Å². The van der Waals surface area contributed by atoms with Crippen LogP contribution in [0.1, 0.15) is 38.4 Å². The minimum absolute atomic E-state index is 0.0580. The molecule has 196 valence electrons. The highest BCUT2D eigenvalue weighted by molar-refractivity contribution is 6.17. The van der Waals surface area contributed by atoms with Crippen LogP contribution in [0.25, 0.3) is 11.0 Å². The maximum absolute atomic E-state index is 14.8. The van der Waals surface area contributed by atoms with E-state index in [-0.39, 0.29) is 29.2 Å². The first-order chi connectivity index (χ1) is 19.5. The quantitative estimate of drug-likeness (QED) is 0.299. The second kappa shape index (κ2) is 9.06. The van der Waals surface area contributed by atoms with Crippen molar-refractivity contribution in [1.82, 2.24) is 4.90 Å². The molecule has 2 aliphatic heterocycles. The van der Waals surface area contributed by atoms with Crippen LogP contribution in [0.2, 0.25) is 0 Å². The van der Waals surface area contributed by atoms with E-state index in [0.717, 1.165) is 16.7 Å². The van der Waals surface area contributed by atoms with E-state index in [0.29, 0.717) is 35.2 Å². The smallest absolute Gasteiger partial charge is 0.291 e. The van der Waals surface area contributed by atoms with Crippen molar-refractivity contribution in [2.24, 2.45) is 0 Å². The lowest BCUT2D eigenvalue weighted by Crippen LogP contribution is -2.53. The van der Waals surface area contributed by atoms with Crippen LogP contribution in [-0.2, 0) is 23.3 Å². The zero-order valence-electron chi connectivity index (χ0n) is 22.0. The van der Waals surface area contributed by atoms with Crippen molar-refractivity contribution >= 4 is 28.5 Å². The number of hydrogen-bond donors (Lipinski definition) is 0. The van der Waals surface area contributed by atoms with Gasteiger partial charge in [-0.05, 0) is 42.7 Å².